The van der Waals surface area contributed by atoms with Crippen molar-refractivity contribution in [1.29, 1.82) is 5.26 Å². The molecular weight excluding hydrogens is 290 g/mol. The van der Waals surface area contributed by atoms with Gasteiger partial charge in [-0.25, -0.2) is 0 Å². The van der Waals surface area contributed by atoms with Gasteiger partial charge in [-0.05, 0) is 12.1 Å². The lowest BCUT2D eigenvalue weighted by atomic mass is 10.1. The molecule has 0 fully saturated rings. The van der Waals surface area contributed by atoms with Crippen molar-refractivity contribution in [2.45, 2.75) is 13.5 Å². The molecule has 0 bridgehead atoms. The zero-order valence-corrected chi connectivity index (χ0v) is 12.6. The summed E-state index contributed by atoms with van der Waals surface area (Å²) in [5.41, 5.74) is 1.82. The minimum absolute atomic E-state index is 0.160. The second-order valence-electron chi connectivity index (χ2n) is 5.31. The number of carbonyl (C=O) groups is 1. The van der Waals surface area contributed by atoms with E-state index >= 15 is 0 Å². The first kappa shape index (κ1) is 14.7. The van der Waals surface area contributed by atoms with Crippen molar-refractivity contribution in [3.63, 3.8) is 0 Å². The fourth-order valence-electron chi connectivity index (χ4n) is 2.36. The topological polar surface area (TPSA) is 83.6 Å². The third-order valence-electron chi connectivity index (χ3n) is 3.64. The molecule has 0 spiro atoms. The number of pyridine rings is 1. The summed E-state index contributed by atoms with van der Waals surface area (Å²) in [6.45, 7) is 2.30. The number of benzene rings is 1. The first-order valence-electron chi connectivity index (χ1n) is 7.24. The van der Waals surface area contributed by atoms with E-state index < -0.39 is 0 Å². The van der Waals surface area contributed by atoms with Gasteiger partial charge in [-0.15, -0.1) is 0 Å². The monoisotopic (exact) mass is 305 g/mol. The van der Waals surface area contributed by atoms with Crippen LogP contribution < -0.4 is 5.32 Å². The number of hydrogen-bond donors (Lipinski definition) is 1. The molecule has 23 heavy (non-hydrogen) atoms. The summed E-state index contributed by atoms with van der Waals surface area (Å²) in [6, 6.07) is 11.5. The number of fused-ring (bicyclic) bond motifs is 1. The Labute approximate surface area is 133 Å². The summed E-state index contributed by atoms with van der Waals surface area (Å²) in [5.74, 6) is -0.453. The van der Waals surface area contributed by atoms with Gasteiger partial charge in [0.25, 0.3) is 0 Å². The van der Waals surface area contributed by atoms with Crippen LogP contribution in [0.1, 0.15) is 12.5 Å². The van der Waals surface area contributed by atoms with Crippen molar-refractivity contribution in [2.75, 3.05) is 5.32 Å². The number of para-hydroxylation sites is 1. The van der Waals surface area contributed by atoms with Crippen LogP contribution >= 0.6 is 0 Å². The molecule has 0 aliphatic rings. The minimum atomic E-state index is -0.294. The molecule has 0 aliphatic carbocycles. The molecule has 3 aromatic rings. The second-order valence-corrected chi connectivity index (χ2v) is 5.31. The van der Waals surface area contributed by atoms with Crippen LogP contribution in [-0.4, -0.2) is 20.7 Å². The number of amides is 1. The molecule has 1 N–H and O–H groups in total. The van der Waals surface area contributed by atoms with Crippen molar-refractivity contribution < 1.29 is 4.79 Å². The molecule has 0 unspecified atom stereocenters. The van der Waals surface area contributed by atoms with E-state index in [1.165, 1.54) is 6.20 Å². The van der Waals surface area contributed by atoms with E-state index in [-0.39, 0.29) is 11.8 Å². The van der Waals surface area contributed by atoms with E-state index in [2.05, 4.69) is 15.4 Å². The number of rotatable bonds is 4. The van der Waals surface area contributed by atoms with Crippen molar-refractivity contribution in [3.8, 4) is 6.07 Å². The van der Waals surface area contributed by atoms with Crippen LogP contribution in [0.5, 0.6) is 0 Å². The average molecular weight is 305 g/mol. The van der Waals surface area contributed by atoms with Crippen LogP contribution in [0.25, 0.3) is 10.9 Å². The van der Waals surface area contributed by atoms with Gasteiger partial charge in [-0.3, -0.25) is 14.5 Å². The molecule has 0 saturated carbocycles. The van der Waals surface area contributed by atoms with Gasteiger partial charge in [0, 0.05) is 17.8 Å². The zero-order chi connectivity index (χ0) is 16.2. The molecule has 3 rings (SSSR count). The predicted octanol–water partition coefficient (Wildman–Crippen LogP) is 2.58. The number of aromatic nitrogens is 3. The first-order chi connectivity index (χ1) is 11.2. The van der Waals surface area contributed by atoms with E-state index in [1.807, 2.05) is 41.9 Å². The lowest BCUT2D eigenvalue weighted by Gasteiger charge is -2.13. The Hall–Kier alpha value is -3.20. The molecule has 1 amide bonds. The Bertz CT molecular complexity index is 893. The van der Waals surface area contributed by atoms with Gasteiger partial charge < -0.3 is 5.32 Å². The van der Waals surface area contributed by atoms with Gasteiger partial charge in [0.05, 0.1) is 35.4 Å². The van der Waals surface area contributed by atoms with Crippen LogP contribution in [-0.2, 0) is 11.3 Å². The SMILES string of the molecule is C[C@@H](Cn1ncc2ccccc21)C(=O)Nc1ccncc1C#N. The molecule has 0 saturated heterocycles. The van der Waals surface area contributed by atoms with Crippen LogP contribution in [0.2, 0.25) is 0 Å². The Kier molecular flexibility index (Phi) is 4.02. The Morgan fingerprint density at radius 1 is 1.35 bits per heavy atom. The largest absolute Gasteiger partial charge is 0.325 e. The number of nitriles is 1. The Balaban J connectivity index is 1.74. The van der Waals surface area contributed by atoms with E-state index in [4.69, 9.17) is 5.26 Å². The fourth-order valence-corrected chi connectivity index (χ4v) is 2.36. The van der Waals surface area contributed by atoms with E-state index in [0.29, 0.717) is 17.8 Å². The van der Waals surface area contributed by atoms with Gasteiger partial charge in [0.1, 0.15) is 6.07 Å². The number of hydrogen-bond acceptors (Lipinski definition) is 4. The minimum Gasteiger partial charge on any atom is -0.325 e. The number of anilines is 1. The zero-order valence-electron chi connectivity index (χ0n) is 12.6. The first-order valence-corrected chi connectivity index (χ1v) is 7.24. The molecule has 114 valence electrons. The maximum Gasteiger partial charge on any atom is 0.229 e. The van der Waals surface area contributed by atoms with Crippen molar-refractivity contribution in [2.24, 2.45) is 5.92 Å². The Morgan fingerprint density at radius 2 is 2.17 bits per heavy atom. The molecule has 0 aliphatic heterocycles. The molecule has 1 aromatic carbocycles. The highest BCUT2D eigenvalue weighted by molar-refractivity contribution is 5.93. The van der Waals surface area contributed by atoms with Gasteiger partial charge in [-0.2, -0.15) is 10.4 Å². The third-order valence-corrected chi connectivity index (χ3v) is 3.64. The lowest BCUT2D eigenvalue weighted by molar-refractivity contribution is -0.119. The maximum absolute atomic E-state index is 12.4. The highest BCUT2D eigenvalue weighted by atomic mass is 16.1. The van der Waals surface area contributed by atoms with Gasteiger partial charge in [-0.1, -0.05) is 25.1 Å². The summed E-state index contributed by atoms with van der Waals surface area (Å²) in [7, 11) is 0. The Morgan fingerprint density at radius 3 is 3.00 bits per heavy atom. The molecular formula is C17H15N5O. The number of carbonyl (C=O) groups excluding carboxylic acids is 1. The highest BCUT2D eigenvalue weighted by Crippen LogP contribution is 2.17. The smallest absolute Gasteiger partial charge is 0.229 e. The summed E-state index contributed by atoms with van der Waals surface area (Å²) < 4.78 is 1.82. The number of nitrogens with one attached hydrogen (secondary N) is 1. The quantitative estimate of drug-likeness (QED) is 0.803. The highest BCUT2D eigenvalue weighted by Gasteiger charge is 2.16. The van der Waals surface area contributed by atoms with Crippen LogP contribution in [0.4, 0.5) is 5.69 Å². The van der Waals surface area contributed by atoms with Crippen molar-refractivity contribution in [1.82, 2.24) is 14.8 Å². The molecule has 2 aromatic heterocycles. The summed E-state index contributed by atoms with van der Waals surface area (Å²) in [6.07, 6.45) is 4.76. The number of nitrogens with zero attached hydrogens (tertiary/aromatic N) is 4. The summed E-state index contributed by atoms with van der Waals surface area (Å²) in [5, 5.41) is 17.2. The van der Waals surface area contributed by atoms with Crippen LogP contribution in [0.15, 0.2) is 48.9 Å². The van der Waals surface area contributed by atoms with E-state index in [1.54, 1.807) is 18.5 Å². The average Bonchev–Trinajstić information content (AvgIpc) is 2.98. The van der Waals surface area contributed by atoms with E-state index in [0.717, 1.165) is 10.9 Å². The van der Waals surface area contributed by atoms with E-state index in [9.17, 15) is 4.79 Å². The van der Waals surface area contributed by atoms with Crippen molar-refractivity contribution >= 4 is 22.5 Å². The van der Waals surface area contributed by atoms with Crippen LogP contribution in [0.3, 0.4) is 0 Å². The molecule has 6 heteroatoms. The van der Waals surface area contributed by atoms with Gasteiger partial charge in [0.15, 0.2) is 0 Å². The molecule has 2 heterocycles. The maximum atomic E-state index is 12.4. The predicted molar refractivity (Wildman–Crippen MR) is 86.5 cm³/mol. The molecule has 0 radical (unpaired) electrons. The molecule has 1 atom stereocenters. The molecule has 6 nitrogen and oxygen atoms in total. The summed E-state index contributed by atoms with van der Waals surface area (Å²) in [4.78, 5) is 16.2. The van der Waals surface area contributed by atoms with Crippen molar-refractivity contribution in [3.05, 3.63) is 54.5 Å². The fraction of sp³-hybridized carbons (Fsp3) is 0.176. The van der Waals surface area contributed by atoms with Gasteiger partial charge in [0.2, 0.25) is 5.91 Å². The lowest BCUT2D eigenvalue weighted by Crippen LogP contribution is -2.25. The standard InChI is InChI=1S/C17H15N5O/c1-12(11-22-16-5-3-2-4-13(16)10-20-22)17(23)21-15-6-7-19-9-14(15)8-18/h2-7,9-10,12H,11H2,1H3,(H,19,21,23)/t12-/m0/s1. The van der Waals surface area contributed by atoms with Gasteiger partial charge >= 0.3 is 0 Å². The third kappa shape index (κ3) is 3.04. The second kappa shape index (κ2) is 6.28. The normalized spacial score (nSPS) is 11.8. The van der Waals surface area contributed by atoms with Crippen LogP contribution in [0, 0.1) is 17.2 Å². The summed E-state index contributed by atoms with van der Waals surface area (Å²) >= 11 is 0.